The predicted octanol–water partition coefficient (Wildman–Crippen LogP) is 1.39. The van der Waals surface area contributed by atoms with Crippen LogP contribution in [0.25, 0.3) is 0 Å². The number of hydrogen-bond acceptors (Lipinski definition) is 4. The van der Waals surface area contributed by atoms with Crippen molar-refractivity contribution >= 4 is 11.3 Å². The van der Waals surface area contributed by atoms with E-state index in [-0.39, 0.29) is 11.6 Å². The van der Waals surface area contributed by atoms with Gasteiger partial charge in [0.25, 0.3) is 0 Å². The van der Waals surface area contributed by atoms with Gasteiger partial charge in [0.2, 0.25) is 0 Å². The molecule has 0 aliphatic carbocycles. The van der Waals surface area contributed by atoms with Crippen LogP contribution >= 0.6 is 11.3 Å². The first-order valence-corrected chi connectivity index (χ1v) is 5.55. The van der Waals surface area contributed by atoms with E-state index in [4.69, 9.17) is 0 Å². The van der Waals surface area contributed by atoms with Crippen LogP contribution in [-0.2, 0) is 6.42 Å². The summed E-state index contributed by atoms with van der Waals surface area (Å²) in [4.78, 5) is 7.17. The lowest BCUT2D eigenvalue weighted by atomic mass is 9.93. The maximum atomic E-state index is 10.1. The van der Waals surface area contributed by atoms with Gasteiger partial charge in [-0.25, -0.2) is 0 Å². The molecule has 0 fully saturated rings. The van der Waals surface area contributed by atoms with Crippen molar-refractivity contribution in [2.75, 3.05) is 14.1 Å². The van der Waals surface area contributed by atoms with Gasteiger partial charge in [-0.2, -0.15) is 0 Å². The summed E-state index contributed by atoms with van der Waals surface area (Å²) in [5.74, 6) is 0. The summed E-state index contributed by atoms with van der Waals surface area (Å²) in [5.41, 5.74) is 1.59. The van der Waals surface area contributed by atoms with Crippen LogP contribution in [0.1, 0.15) is 18.7 Å². The Balaban J connectivity index is 2.62. The fourth-order valence-electron chi connectivity index (χ4n) is 1.08. The Bertz CT molecular complexity index is 270. The molecule has 0 aromatic carbocycles. The molecule has 0 aliphatic rings. The average molecular weight is 214 g/mol. The molecule has 1 heterocycles. The second-order valence-corrected chi connectivity index (χ2v) is 5.21. The van der Waals surface area contributed by atoms with Crippen LogP contribution < -0.4 is 0 Å². The maximum absolute atomic E-state index is 10.1. The monoisotopic (exact) mass is 214 g/mol. The van der Waals surface area contributed by atoms with Gasteiger partial charge in [-0.15, -0.1) is 11.3 Å². The standard InChI is InChI=1S/C10H18N2OS/c1-10(2,12(3)4)9(13)5-8-6-11-7-14-8/h6-7,9,13H,5H2,1-4H3. The number of likely N-dealkylation sites (N-methyl/N-ethyl adjacent to an activating group) is 1. The minimum atomic E-state index is -0.363. The molecule has 0 spiro atoms. The van der Waals surface area contributed by atoms with Crippen molar-refractivity contribution in [2.24, 2.45) is 0 Å². The van der Waals surface area contributed by atoms with E-state index < -0.39 is 0 Å². The van der Waals surface area contributed by atoms with E-state index in [1.807, 2.05) is 39.0 Å². The molecular weight excluding hydrogens is 196 g/mol. The minimum absolute atomic E-state index is 0.204. The summed E-state index contributed by atoms with van der Waals surface area (Å²) < 4.78 is 0. The predicted molar refractivity (Wildman–Crippen MR) is 59.6 cm³/mol. The quantitative estimate of drug-likeness (QED) is 0.823. The molecule has 0 saturated carbocycles. The molecular formula is C10H18N2OS. The number of thiazole rings is 1. The third kappa shape index (κ3) is 2.53. The molecule has 1 unspecified atom stereocenters. The fourth-order valence-corrected chi connectivity index (χ4v) is 1.71. The van der Waals surface area contributed by atoms with Gasteiger partial charge in [0.05, 0.1) is 11.6 Å². The van der Waals surface area contributed by atoms with E-state index in [0.29, 0.717) is 6.42 Å². The lowest BCUT2D eigenvalue weighted by Gasteiger charge is -2.36. The maximum Gasteiger partial charge on any atom is 0.0794 e. The van der Waals surface area contributed by atoms with Crippen LogP contribution in [0.4, 0.5) is 0 Å². The van der Waals surface area contributed by atoms with Crippen LogP contribution in [0.2, 0.25) is 0 Å². The topological polar surface area (TPSA) is 36.4 Å². The van der Waals surface area contributed by atoms with Crippen molar-refractivity contribution in [2.45, 2.75) is 31.9 Å². The number of aliphatic hydroxyl groups excluding tert-OH is 1. The van der Waals surface area contributed by atoms with E-state index in [1.165, 1.54) is 0 Å². The number of aromatic nitrogens is 1. The first kappa shape index (κ1) is 11.6. The third-order valence-electron chi connectivity index (χ3n) is 2.85. The van der Waals surface area contributed by atoms with Gasteiger partial charge >= 0.3 is 0 Å². The molecule has 0 amide bonds. The second-order valence-electron chi connectivity index (χ2n) is 4.24. The Morgan fingerprint density at radius 1 is 1.57 bits per heavy atom. The minimum Gasteiger partial charge on any atom is -0.391 e. The van der Waals surface area contributed by atoms with Gasteiger partial charge in [0, 0.05) is 23.0 Å². The van der Waals surface area contributed by atoms with Crippen molar-refractivity contribution in [1.29, 1.82) is 0 Å². The number of hydrogen-bond donors (Lipinski definition) is 1. The molecule has 0 saturated heterocycles. The highest BCUT2D eigenvalue weighted by Crippen LogP contribution is 2.20. The molecule has 80 valence electrons. The van der Waals surface area contributed by atoms with Gasteiger partial charge in [0.15, 0.2) is 0 Å². The summed E-state index contributed by atoms with van der Waals surface area (Å²) in [6, 6.07) is 0. The summed E-state index contributed by atoms with van der Waals surface area (Å²) in [6.07, 6.45) is 2.13. The summed E-state index contributed by atoms with van der Waals surface area (Å²) in [7, 11) is 3.96. The smallest absolute Gasteiger partial charge is 0.0794 e. The first-order chi connectivity index (χ1) is 6.44. The fraction of sp³-hybridized carbons (Fsp3) is 0.700. The highest BCUT2D eigenvalue weighted by atomic mass is 32.1. The van der Waals surface area contributed by atoms with Gasteiger partial charge in [-0.3, -0.25) is 4.98 Å². The Hall–Kier alpha value is -0.450. The first-order valence-electron chi connectivity index (χ1n) is 4.67. The Morgan fingerprint density at radius 3 is 2.64 bits per heavy atom. The van der Waals surface area contributed by atoms with Crippen LogP contribution in [0.5, 0.6) is 0 Å². The van der Waals surface area contributed by atoms with E-state index in [2.05, 4.69) is 4.98 Å². The van der Waals surface area contributed by atoms with Crippen molar-refractivity contribution in [3.63, 3.8) is 0 Å². The normalized spacial score (nSPS) is 14.7. The Kier molecular flexibility index (Phi) is 3.64. The van der Waals surface area contributed by atoms with E-state index in [9.17, 15) is 5.11 Å². The summed E-state index contributed by atoms with van der Waals surface area (Å²) in [6.45, 7) is 4.08. The van der Waals surface area contributed by atoms with E-state index in [1.54, 1.807) is 16.8 Å². The molecule has 1 N–H and O–H groups in total. The van der Waals surface area contributed by atoms with Crippen molar-refractivity contribution < 1.29 is 5.11 Å². The molecule has 14 heavy (non-hydrogen) atoms. The largest absolute Gasteiger partial charge is 0.391 e. The number of rotatable bonds is 4. The SMILES string of the molecule is CN(C)C(C)(C)C(O)Cc1cncs1. The van der Waals surface area contributed by atoms with E-state index >= 15 is 0 Å². The molecule has 1 aromatic heterocycles. The molecule has 1 aromatic rings. The van der Waals surface area contributed by atoms with Crippen molar-refractivity contribution in [3.05, 3.63) is 16.6 Å². The van der Waals surface area contributed by atoms with Gasteiger partial charge in [-0.05, 0) is 27.9 Å². The summed E-state index contributed by atoms with van der Waals surface area (Å²) >= 11 is 1.59. The van der Waals surface area contributed by atoms with Crippen LogP contribution in [0.3, 0.4) is 0 Å². The Labute approximate surface area is 89.4 Å². The number of aliphatic hydroxyl groups is 1. The highest BCUT2D eigenvalue weighted by Gasteiger charge is 2.30. The van der Waals surface area contributed by atoms with Gasteiger partial charge in [0.1, 0.15) is 0 Å². The van der Waals surface area contributed by atoms with Gasteiger partial charge < -0.3 is 10.0 Å². The van der Waals surface area contributed by atoms with E-state index in [0.717, 1.165) is 4.88 Å². The molecule has 3 nitrogen and oxygen atoms in total. The van der Waals surface area contributed by atoms with Gasteiger partial charge in [-0.1, -0.05) is 0 Å². The Morgan fingerprint density at radius 2 is 2.21 bits per heavy atom. The highest BCUT2D eigenvalue weighted by molar-refractivity contribution is 7.09. The second kappa shape index (κ2) is 4.38. The molecule has 0 bridgehead atoms. The molecule has 4 heteroatoms. The third-order valence-corrected chi connectivity index (χ3v) is 3.65. The summed E-state index contributed by atoms with van der Waals surface area (Å²) in [5, 5.41) is 10.1. The van der Waals surface area contributed by atoms with Crippen molar-refractivity contribution in [1.82, 2.24) is 9.88 Å². The van der Waals surface area contributed by atoms with Crippen molar-refractivity contribution in [3.8, 4) is 0 Å². The molecule has 0 aliphatic heterocycles. The molecule has 0 radical (unpaired) electrons. The average Bonchev–Trinajstić information content (AvgIpc) is 2.56. The van der Waals surface area contributed by atoms with Crippen LogP contribution in [0.15, 0.2) is 11.7 Å². The van der Waals surface area contributed by atoms with Crippen LogP contribution in [-0.4, -0.2) is 40.7 Å². The zero-order valence-corrected chi connectivity index (χ0v) is 10.0. The molecule has 1 atom stereocenters. The molecule has 1 rings (SSSR count). The zero-order chi connectivity index (χ0) is 10.8. The van der Waals surface area contributed by atoms with Crippen LogP contribution in [0, 0.1) is 0 Å². The number of nitrogens with zero attached hydrogens (tertiary/aromatic N) is 2. The lowest BCUT2D eigenvalue weighted by Crippen LogP contribution is -2.49. The zero-order valence-electron chi connectivity index (χ0n) is 9.19. The lowest BCUT2D eigenvalue weighted by molar-refractivity contribution is 0.0187.